The van der Waals surface area contributed by atoms with E-state index < -0.39 is 10.0 Å². The molecule has 0 aromatic heterocycles. The predicted molar refractivity (Wildman–Crippen MR) is 94.7 cm³/mol. The summed E-state index contributed by atoms with van der Waals surface area (Å²) in [5.74, 6) is 0.983. The van der Waals surface area contributed by atoms with Crippen LogP contribution in [0.5, 0.6) is 0 Å². The number of rotatable bonds is 10. The molecule has 0 aromatic rings. The maximum Gasteiger partial charge on any atom is 0.213 e. The van der Waals surface area contributed by atoms with E-state index in [9.17, 15) is 8.42 Å². The summed E-state index contributed by atoms with van der Waals surface area (Å²) in [6, 6.07) is 0. The Morgan fingerprint density at radius 3 is 2.52 bits per heavy atom. The van der Waals surface area contributed by atoms with Crippen LogP contribution in [0.2, 0.25) is 0 Å². The van der Waals surface area contributed by atoms with Gasteiger partial charge in [-0.15, -0.1) is 0 Å². The van der Waals surface area contributed by atoms with E-state index in [-0.39, 0.29) is 18.8 Å². The van der Waals surface area contributed by atoms with Crippen LogP contribution in [0.3, 0.4) is 0 Å². The van der Waals surface area contributed by atoms with Crippen molar-refractivity contribution < 1.29 is 13.3 Å². The SMILES string of the molecule is C=NC(C=C(N)/C=C(\C)ONC)=NCCN(CC)S(=O)(=O)CC. The van der Waals surface area contributed by atoms with Crippen molar-refractivity contribution in [3.8, 4) is 0 Å². The third-order valence-corrected chi connectivity index (χ3v) is 4.78. The van der Waals surface area contributed by atoms with Gasteiger partial charge in [0.2, 0.25) is 10.0 Å². The Hall–Kier alpha value is -1.71. The van der Waals surface area contributed by atoms with Gasteiger partial charge >= 0.3 is 0 Å². The number of hydroxylamine groups is 1. The highest BCUT2D eigenvalue weighted by molar-refractivity contribution is 7.89. The zero-order valence-corrected chi connectivity index (χ0v) is 15.1. The molecule has 0 atom stereocenters. The number of sulfonamides is 1. The monoisotopic (exact) mass is 345 g/mol. The molecule has 8 nitrogen and oxygen atoms in total. The van der Waals surface area contributed by atoms with Gasteiger partial charge in [-0.3, -0.25) is 4.99 Å². The summed E-state index contributed by atoms with van der Waals surface area (Å²) in [4.78, 5) is 13.0. The van der Waals surface area contributed by atoms with E-state index in [1.54, 1.807) is 40.0 Å². The van der Waals surface area contributed by atoms with Gasteiger partial charge in [0, 0.05) is 38.0 Å². The van der Waals surface area contributed by atoms with Crippen molar-refractivity contribution in [3.05, 3.63) is 23.6 Å². The van der Waals surface area contributed by atoms with Crippen LogP contribution in [-0.4, -0.2) is 57.7 Å². The topological polar surface area (TPSA) is 109 Å². The minimum Gasteiger partial charge on any atom is -0.414 e. The number of allylic oxidation sites excluding steroid dienone is 2. The van der Waals surface area contributed by atoms with Gasteiger partial charge in [0.15, 0.2) is 0 Å². The molecule has 3 N–H and O–H groups in total. The van der Waals surface area contributed by atoms with Gasteiger partial charge in [-0.25, -0.2) is 17.7 Å². The van der Waals surface area contributed by atoms with Crippen molar-refractivity contribution in [2.24, 2.45) is 15.7 Å². The van der Waals surface area contributed by atoms with Crippen LogP contribution in [0.1, 0.15) is 20.8 Å². The summed E-state index contributed by atoms with van der Waals surface area (Å²) in [5, 5.41) is 0. The van der Waals surface area contributed by atoms with Crippen molar-refractivity contribution >= 4 is 22.6 Å². The molecule has 132 valence electrons. The van der Waals surface area contributed by atoms with Crippen LogP contribution in [0.15, 0.2) is 33.6 Å². The predicted octanol–water partition coefficient (Wildman–Crippen LogP) is 0.655. The molecule has 0 amide bonds. The average molecular weight is 345 g/mol. The number of likely N-dealkylation sites (N-methyl/N-ethyl adjacent to an activating group) is 1. The molecule has 0 rings (SSSR count). The maximum absolute atomic E-state index is 11.8. The summed E-state index contributed by atoms with van der Waals surface area (Å²) in [7, 11) is -1.58. The minimum absolute atomic E-state index is 0.0690. The number of nitrogens with two attached hydrogens (primary N) is 1. The fraction of sp³-hybridized carbons (Fsp3) is 0.571. The lowest BCUT2D eigenvalue weighted by Gasteiger charge is -2.18. The van der Waals surface area contributed by atoms with Crippen LogP contribution < -0.4 is 11.2 Å². The number of hydrogen-bond donors (Lipinski definition) is 2. The molecule has 0 radical (unpaired) electrons. The van der Waals surface area contributed by atoms with Crippen molar-refractivity contribution in [2.75, 3.05) is 32.4 Å². The van der Waals surface area contributed by atoms with Gasteiger partial charge in [-0.1, -0.05) is 6.92 Å². The normalized spacial score (nSPS) is 14.2. The number of hydrogen-bond acceptors (Lipinski definition) is 6. The first-order valence-electron chi connectivity index (χ1n) is 7.28. The van der Waals surface area contributed by atoms with E-state index in [1.165, 1.54) is 4.31 Å². The first-order chi connectivity index (χ1) is 10.8. The third-order valence-electron chi connectivity index (χ3n) is 2.82. The maximum atomic E-state index is 11.8. The summed E-state index contributed by atoms with van der Waals surface area (Å²) in [5.41, 5.74) is 8.77. The van der Waals surface area contributed by atoms with Crippen molar-refractivity contribution in [1.29, 1.82) is 0 Å². The van der Waals surface area contributed by atoms with E-state index >= 15 is 0 Å². The zero-order valence-electron chi connectivity index (χ0n) is 14.2. The molecule has 0 saturated carbocycles. The molecule has 9 heteroatoms. The standard InChI is InChI=1S/C14H27N5O3S/c1-6-19(23(20,21)7-2)9-8-18-14(16-4)11-13(15)10-12(3)22-17-5/h10-11,17H,4,6-9,15H2,1-3,5H3/b12-10+,13-11?,18-14?. The van der Waals surface area contributed by atoms with E-state index in [0.29, 0.717) is 23.8 Å². The summed E-state index contributed by atoms with van der Waals surface area (Å²) in [6.07, 6.45) is 3.15. The molecule has 0 aliphatic rings. The molecule has 0 fully saturated rings. The van der Waals surface area contributed by atoms with Crippen LogP contribution >= 0.6 is 0 Å². The second-order valence-corrected chi connectivity index (χ2v) is 6.75. The fourth-order valence-corrected chi connectivity index (χ4v) is 2.83. The number of amidine groups is 1. The van der Waals surface area contributed by atoms with Crippen LogP contribution in [0.4, 0.5) is 0 Å². The molecular formula is C14H27N5O3S. The Balaban J connectivity index is 4.89. The smallest absolute Gasteiger partial charge is 0.213 e. The lowest BCUT2D eigenvalue weighted by Crippen LogP contribution is -2.34. The van der Waals surface area contributed by atoms with Gasteiger partial charge in [0.05, 0.1) is 12.3 Å². The molecule has 0 aliphatic heterocycles. The van der Waals surface area contributed by atoms with Gasteiger partial charge in [-0.2, -0.15) is 5.48 Å². The number of nitrogens with one attached hydrogen (secondary N) is 1. The number of nitrogens with zero attached hydrogens (tertiary/aromatic N) is 3. The molecule has 0 bridgehead atoms. The third kappa shape index (κ3) is 8.48. The molecule has 0 unspecified atom stereocenters. The van der Waals surface area contributed by atoms with Gasteiger partial charge in [0.25, 0.3) is 0 Å². The highest BCUT2D eigenvalue weighted by Crippen LogP contribution is 2.02. The Labute approximate surface area is 138 Å². The minimum atomic E-state index is -3.22. The second kappa shape index (κ2) is 10.9. The average Bonchev–Trinajstić information content (AvgIpc) is 2.50. The van der Waals surface area contributed by atoms with Crippen molar-refractivity contribution in [3.63, 3.8) is 0 Å². The molecule has 0 aliphatic carbocycles. The first-order valence-corrected chi connectivity index (χ1v) is 8.89. The Bertz CT molecular complexity index is 567. The van der Waals surface area contributed by atoms with E-state index in [1.807, 2.05) is 0 Å². The Morgan fingerprint density at radius 1 is 1.39 bits per heavy atom. The molecule has 0 spiro atoms. The zero-order chi connectivity index (χ0) is 17.9. The Morgan fingerprint density at radius 2 is 2.04 bits per heavy atom. The van der Waals surface area contributed by atoms with Crippen molar-refractivity contribution in [2.45, 2.75) is 20.8 Å². The first kappa shape index (κ1) is 21.3. The van der Waals surface area contributed by atoms with Gasteiger partial charge < -0.3 is 10.6 Å². The molecule has 23 heavy (non-hydrogen) atoms. The lowest BCUT2D eigenvalue weighted by molar-refractivity contribution is 0.128. The molecular weight excluding hydrogens is 318 g/mol. The Kier molecular flexibility index (Phi) is 10.1. The van der Waals surface area contributed by atoms with Crippen LogP contribution in [-0.2, 0) is 14.9 Å². The fourth-order valence-electron chi connectivity index (χ4n) is 1.71. The van der Waals surface area contributed by atoms with E-state index in [2.05, 4.69) is 22.2 Å². The molecule has 0 saturated heterocycles. The summed E-state index contributed by atoms with van der Waals surface area (Å²) < 4.78 is 25.0. The summed E-state index contributed by atoms with van der Waals surface area (Å²) >= 11 is 0. The second-order valence-electron chi connectivity index (χ2n) is 4.50. The number of aliphatic imine (C=N–C) groups is 2. The van der Waals surface area contributed by atoms with Crippen molar-refractivity contribution in [1.82, 2.24) is 9.79 Å². The van der Waals surface area contributed by atoms with E-state index in [0.717, 1.165) is 0 Å². The van der Waals surface area contributed by atoms with Crippen LogP contribution in [0, 0.1) is 0 Å². The molecule has 0 aromatic carbocycles. The van der Waals surface area contributed by atoms with E-state index in [4.69, 9.17) is 10.6 Å². The van der Waals surface area contributed by atoms with Gasteiger partial charge in [-0.05, 0) is 20.6 Å². The largest absolute Gasteiger partial charge is 0.414 e. The highest BCUT2D eigenvalue weighted by Gasteiger charge is 2.16. The van der Waals surface area contributed by atoms with Gasteiger partial charge in [0.1, 0.15) is 11.6 Å². The van der Waals surface area contributed by atoms with Crippen LogP contribution in [0.25, 0.3) is 0 Å². The lowest BCUT2D eigenvalue weighted by atomic mass is 10.3. The highest BCUT2D eigenvalue weighted by atomic mass is 32.2. The molecule has 0 heterocycles. The summed E-state index contributed by atoms with van der Waals surface area (Å²) in [6.45, 7) is 9.55. The quantitative estimate of drug-likeness (QED) is 0.199.